The first-order valence-corrected chi connectivity index (χ1v) is 8.53. The molecule has 1 unspecified atom stereocenters. The van der Waals surface area contributed by atoms with E-state index in [2.05, 4.69) is 16.8 Å². The van der Waals surface area contributed by atoms with Crippen molar-refractivity contribution in [2.75, 3.05) is 20.6 Å². The molecule has 1 amide bonds. The lowest BCUT2D eigenvalue weighted by atomic mass is 9.99. The molecule has 3 heterocycles. The molecular formula is C18H26N4O. The number of likely N-dealkylation sites (tertiary alicyclic amines) is 1. The van der Waals surface area contributed by atoms with Gasteiger partial charge in [-0.2, -0.15) is 0 Å². The van der Waals surface area contributed by atoms with E-state index < -0.39 is 0 Å². The predicted molar refractivity (Wildman–Crippen MR) is 91.5 cm³/mol. The van der Waals surface area contributed by atoms with Gasteiger partial charge in [-0.1, -0.05) is 13.0 Å². The van der Waals surface area contributed by atoms with Crippen molar-refractivity contribution < 1.29 is 4.79 Å². The Hall–Kier alpha value is -1.88. The smallest absolute Gasteiger partial charge is 0.274 e. The minimum absolute atomic E-state index is 0.0945. The first-order chi connectivity index (χ1) is 11.1. The average molecular weight is 314 g/mol. The highest BCUT2D eigenvalue weighted by atomic mass is 16.2. The normalized spacial score (nSPS) is 18.8. The highest BCUT2D eigenvalue weighted by molar-refractivity contribution is 5.94. The summed E-state index contributed by atoms with van der Waals surface area (Å²) in [6.07, 6.45) is 6.43. The number of pyridine rings is 1. The number of hydrogen-bond donors (Lipinski definition) is 0. The van der Waals surface area contributed by atoms with Crippen molar-refractivity contribution in [3.63, 3.8) is 0 Å². The third-order valence-corrected chi connectivity index (χ3v) is 4.66. The summed E-state index contributed by atoms with van der Waals surface area (Å²) >= 11 is 0. The van der Waals surface area contributed by atoms with Gasteiger partial charge in [-0.15, -0.1) is 0 Å². The van der Waals surface area contributed by atoms with Crippen molar-refractivity contribution in [2.24, 2.45) is 0 Å². The molecule has 1 aliphatic rings. The number of carbonyl (C=O) groups excluding carboxylic acids is 1. The quantitative estimate of drug-likeness (QED) is 0.871. The Morgan fingerprint density at radius 1 is 1.35 bits per heavy atom. The van der Waals surface area contributed by atoms with Crippen LogP contribution >= 0.6 is 0 Å². The second-order valence-electron chi connectivity index (χ2n) is 6.63. The van der Waals surface area contributed by atoms with Gasteiger partial charge >= 0.3 is 0 Å². The lowest BCUT2D eigenvalue weighted by Gasteiger charge is -2.35. The number of nitrogens with zero attached hydrogens (tertiary/aromatic N) is 4. The molecule has 1 atom stereocenters. The number of aromatic nitrogens is 2. The van der Waals surface area contributed by atoms with Crippen LogP contribution in [-0.2, 0) is 6.54 Å². The van der Waals surface area contributed by atoms with Crippen molar-refractivity contribution in [1.29, 1.82) is 0 Å². The summed E-state index contributed by atoms with van der Waals surface area (Å²) < 4.78 is 2.04. The van der Waals surface area contributed by atoms with Gasteiger partial charge in [0.05, 0.1) is 5.69 Å². The molecule has 2 aromatic rings. The fraction of sp³-hybridized carbons (Fsp3) is 0.556. The van der Waals surface area contributed by atoms with Gasteiger partial charge in [0.2, 0.25) is 0 Å². The van der Waals surface area contributed by atoms with E-state index in [1.165, 1.54) is 6.42 Å². The highest BCUT2D eigenvalue weighted by Gasteiger charge is 2.30. The number of imidazole rings is 1. The molecule has 0 saturated carbocycles. The standard InChI is InChI=1S/C18H26N4O/c1-4-14-9-5-7-11-21(14)18(23)17-15(13-20(2)3)22-12-8-6-10-16(22)19-17/h6,8,10,12,14H,4-5,7,9,11,13H2,1-3H3. The van der Waals surface area contributed by atoms with Gasteiger partial charge in [-0.25, -0.2) is 4.98 Å². The molecule has 0 radical (unpaired) electrons. The van der Waals surface area contributed by atoms with Crippen molar-refractivity contribution in [3.8, 4) is 0 Å². The van der Waals surface area contributed by atoms with Gasteiger partial charge in [0.25, 0.3) is 5.91 Å². The Balaban J connectivity index is 2.02. The summed E-state index contributed by atoms with van der Waals surface area (Å²) in [5.74, 6) is 0.0945. The number of amides is 1. The molecule has 3 rings (SSSR count). The zero-order chi connectivity index (χ0) is 16.4. The van der Waals surface area contributed by atoms with E-state index in [0.29, 0.717) is 18.3 Å². The molecule has 0 aliphatic carbocycles. The first kappa shape index (κ1) is 16.0. The molecule has 5 heteroatoms. The molecule has 0 N–H and O–H groups in total. The Kier molecular flexibility index (Phi) is 4.66. The summed E-state index contributed by atoms with van der Waals surface area (Å²) in [6.45, 7) is 3.73. The van der Waals surface area contributed by atoms with E-state index in [0.717, 1.165) is 37.1 Å². The van der Waals surface area contributed by atoms with E-state index in [1.54, 1.807) is 0 Å². The summed E-state index contributed by atoms with van der Waals surface area (Å²) in [5, 5.41) is 0. The number of carbonyl (C=O) groups is 1. The maximum atomic E-state index is 13.2. The van der Waals surface area contributed by atoms with Crippen molar-refractivity contribution in [1.82, 2.24) is 19.2 Å². The second kappa shape index (κ2) is 6.71. The van der Waals surface area contributed by atoms with Crippen molar-refractivity contribution in [3.05, 3.63) is 35.8 Å². The molecule has 1 saturated heterocycles. The van der Waals surface area contributed by atoms with Gasteiger partial charge in [0.1, 0.15) is 5.65 Å². The third kappa shape index (κ3) is 3.11. The first-order valence-electron chi connectivity index (χ1n) is 8.53. The number of hydrogen-bond acceptors (Lipinski definition) is 3. The lowest BCUT2D eigenvalue weighted by Crippen LogP contribution is -2.44. The van der Waals surface area contributed by atoms with Crippen LogP contribution in [0.5, 0.6) is 0 Å². The molecule has 23 heavy (non-hydrogen) atoms. The predicted octanol–water partition coefficient (Wildman–Crippen LogP) is 2.80. The van der Waals surface area contributed by atoms with Gasteiger partial charge in [0, 0.05) is 25.3 Å². The van der Waals surface area contributed by atoms with Gasteiger partial charge in [-0.05, 0) is 51.9 Å². The van der Waals surface area contributed by atoms with Crippen LogP contribution in [0.1, 0.15) is 48.8 Å². The fourth-order valence-electron chi connectivity index (χ4n) is 3.50. The largest absolute Gasteiger partial charge is 0.334 e. The fourth-order valence-corrected chi connectivity index (χ4v) is 3.50. The number of piperidine rings is 1. The van der Waals surface area contributed by atoms with Crippen LogP contribution in [0.2, 0.25) is 0 Å². The minimum Gasteiger partial charge on any atom is -0.334 e. The average Bonchev–Trinajstić information content (AvgIpc) is 2.92. The van der Waals surface area contributed by atoms with E-state index in [1.807, 2.05) is 47.8 Å². The molecule has 0 spiro atoms. The zero-order valence-corrected chi connectivity index (χ0v) is 14.3. The molecule has 124 valence electrons. The van der Waals surface area contributed by atoms with Crippen LogP contribution in [0.3, 0.4) is 0 Å². The van der Waals surface area contributed by atoms with Crippen LogP contribution < -0.4 is 0 Å². The zero-order valence-electron chi connectivity index (χ0n) is 14.3. The Labute approximate surface area is 137 Å². The lowest BCUT2D eigenvalue weighted by molar-refractivity contribution is 0.0600. The van der Waals surface area contributed by atoms with Gasteiger partial charge < -0.3 is 14.2 Å². The molecular weight excluding hydrogens is 288 g/mol. The van der Waals surface area contributed by atoms with Crippen LogP contribution in [0.25, 0.3) is 5.65 Å². The van der Waals surface area contributed by atoms with Gasteiger partial charge in [-0.3, -0.25) is 4.79 Å². The summed E-state index contributed by atoms with van der Waals surface area (Å²) in [4.78, 5) is 22.0. The maximum Gasteiger partial charge on any atom is 0.274 e. The SMILES string of the molecule is CCC1CCCCN1C(=O)c1nc2ccccn2c1CN(C)C. The van der Waals surface area contributed by atoms with E-state index in [9.17, 15) is 4.79 Å². The molecule has 1 fully saturated rings. The Morgan fingerprint density at radius 2 is 2.17 bits per heavy atom. The van der Waals surface area contributed by atoms with Crippen molar-refractivity contribution >= 4 is 11.6 Å². The monoisotopic (exact) mass is 314 g/mol. The van der Waals surface area contributed by atoms with Crippen LogP contribution in [0, 0.1) is 0 Å². The number of fused-ring (bicyclic) bond motifs is 1. The molecule has 0 aromatic carbocycles. The Bertz CT molecular complexity index is 691. The molecule has 5 nitrogen and oxygen atoms in total. The topological polar surface area (TPSA) is 40.9 Å². The second-order valence-corrected chi connectivity index (χ2v) is 6.63. The highest BCUT2D eigenvalue weighted by Crippen LogP contribution is 2.24. The van der Waals surface area contributed by atoms with Crippen LogP contribution in [0.4, 0.5) is 0 Å². The van der Waals surface area contributed by atoms with E-state index in [4.69, 9.17) is 0 Å². The number of rotatable bonds is 4. The maximum absolute atomic E-state index is 13.2. The van der Waals surface area contributed by atoms with E-state index >= 15 is 0 Å². The van der Waals surface area contributed by atoms with Crippen LogP contribution in [0.15, 0.2) is 24.4 Å². The summed E-state index contributed by atoms with van der Waals surface area (Å²) in [5.41, 5.74) is 2.44. The molecule has 2 aromatic heterocycles. The summed E-state index contributed by atoms with van der Waals surface area (Å²) in [6, 6.07) is 6.26. The van der Waals surface area contributed by atoms with Gasteiger partial charge in [0.15, 0.2) is 5.69 Å². The van der Waals surface area contributed by atoms with Crippen LogP contribution in [-0.4, -0.2) is 51.8 Å². The molecule has 1 aliphatic heterocycles. The Morgan fingerprint density at radius 3 is 2.91 bits per heavy atom. The van der Waals surface area contributed by atoms with Crippen molar-refractivity contribution in [2.45, 2.75) is 45.2 Å². The van der Waals surface area contributed by atoms with E-state index in [-0.39, 0.29) is 5.91 Å². The minimum atomic E-state index is 0.0945. The molecule has 0 bridgehead atoms. The third-order valence-electron chi connectivity index (χ3n) is 4.66. The summed E-state index contributed by atoms with van der Waals surface area (Å²) in [7, 11) is 4.04.